The predicted molar refractivity (Wildman–Crippen MR) is 135 cm³/mol. The number of halogens is 3. The number of benzene rings is 1. The average Bonchev–Trinajstić information content (AvgIpc) is 2.74. The van der Waals surface area contributed by atoms with Gasteiger partial charge >= 0.3 is 12.1 Å². The summed E-state index contributed by atoms with van der Waals surface area (Å²) in [6.07, 6.45) is 0.707. The average molecular weight is 542 g/mol. The second-order valence-corrected chi connectivity index (χ2v) is 11.4. The summed E-state index contributed by atoms with van der Waals surface area (Å²) in [4.78, 5) is 25.7. The molecule has 178 valence electrons. The molecule has 2 unspecified atom stereocenters. The molecule has 0 aliphatic carbocycles. The summed E-state index contributed by atoms with van der Waals surface area (Å²) in [5.74, 6) is 0.896. The second kappa shape index (κ2) is 15.0. The highest BCUT2D eigenvalue weighted by atomic mass is 35.6. The van der Waals surface area contributed by atoms with E-state index in [0.717, 1.165) is 26.9 Å². The van der Waals surface area contributed by atoms with Gasteiger partial charge in [-0.3, -0.25) is 4.79 Å². The van der Waals surface area contributed by atoms with Crippen molar-refractivity contribution in [3.05, 3.63) is 54.0 Å². The zero-order chi connectivity index (χ0) is 24.1. The molecule has 0 heterocycles. The Balaban J connectivity index is 2.57. The summed E-state index contributed by atoms with van der Waals surface area (Å²) in [6, 6.07) is 7.61. The highest BCUT2D eigenvalue weighted by Gasteiger charge is 2.24. The first-order valence-corrected chi connectivity index (χ1v) is 12.9. The number of rotatable bonds is 13. The lowest BCUT2D eigenvalue weighted by Gasteiger charge is -2.18. The topological polar surface area (TPSA) is 61.8 Å². The predicted octanol–water partition coefficient (Wildman–Crippen LogP) is 7.37. The minimum Gasteiger partial charge on any atom is -0.461 e. The molecule has 1 rings (SSSR count). The fourth-order valence-electron chi connectivity index (χ4n) is 2.52. The Kier molecular flexibility index (Phi) is 13.6. The molecule has 0 fully saturated rings. The van der Waals surface area contributed by atoms with E-state index in [1.54, 1.807) is 24.8 Å². The van der Waals surface area contributed by atoms with Crippen molar-refractivity contribution in [3.8, 4) is 0 Å². The molecule has 0 amide bonds. The van der Waals surface area contributed by atoms with Crippen LogP contribution in [0.2, 0.25) is 0 Å². The van der Waals surface area contributed by atoms with E-state index in [2.05, 4.69) is 13.2 Å². The number of thioether (sulfide) groups is 2. The van der Waals surface area contributed by atoms with E-state index in [-0.39, 0.29) is 18.5 Å². The highest BCUT2D eigenvalue weighted by molar-refractivity contribution is 8.05. The maximum Gasteiger partial charge on any atom is 0.509 e. The van der Waals surface area contributed by atoms with Gasteiger partial charge in [0.25, 0.3) is 0 Å². The van der Waals surface area contributed by atoms with E-state index in [0.29, 0.717) is 6.42 Å². The monoisotopic (exact) mass is 540 g/mol. The largest absolute Gasteiger partial charge is 0.509 e. The van der Waals surface area contributed by atoms with Gasteiger partial charge in [0.15, 0.2) is 0 Å². The summed E-state index contributed by atoms with van der Waals surface area (Å²) in [5.41, 5.74) is 0.839. The van der Waals surface area contributed by atoms with Crippen LogP contribution in [0.1, 0.15) is 31.9 Å². The van der Waals surface area contributed by atoms with Crippen LogP contribution in [0.25, 0.3) is 0 Å². The molecule has 0 aliphatic heterocycles. The molecule has 1 aromatic carbocycles. The van der Waals surface area contributed by atoms with Crippen molar-refractivity contribution in [2.24, 2.45) is 5.92 Å². The molecule has 0 aliphatic rings. The minimum absolute atomic E-state index is 0.193. The Morgan fingerprint density at radius 2 is 1.88 bits per heavy atom. The van der Waals surface area contributed by atoms with Gasteiger partial charge in [-0.15, -0.1) is 23.5 Å². The Morgan fingerprint density at radius 1 is 1.19 bits per heavy atom. The van der Waals surface area contributed by atoms with Gasteiger partial charge in [-0.05, 0) is 24.3 Å². The maximum atomic E-state index is 12.1. The van der Waals surface area contributed by atoms with E-state index >= 15 is 0 Å². The van der Waals surface area contributed by atoms with Crippen LogP contribution in [0.15, 0.2) is 53.3 Å². The van der Waals surface area contributed by atoms with Gasteiger partial charge in [0.2, 0.25) is 3.79 Å². The zero-order valence-corrected chi connectivity index (χ0v) is 21.9. The molecule has 0 aromatic heterocycles. The lowest BCUT2D eigenvalue weighted by atomic mass is 10.1. The van der Waals surface area contributed by atoms with Gasteiger partial charge < -0.3 is 14.2 Å². The Hall–Kier alpha value is -0.990. The number of hydrogen-bond donors (Lipinski definition) is 0. The van der Waals surface area contributed by atoms with E-state index < -0.39 is 22.7 Å². The zero-order valence-electron chi connectivity index (χ0n) is 18.0. The van der Waals surface area contributed by atoms with Crippen molar-refractivity contribution >= 4 is 70.5 Å². The van der Waals surface area contributed by atoms with Crippen molar-refractivity contribution in [3.63, 3.8) is 0 Å². The van der Waals surface area contributed by atoms with Crippen molar-refractivity contribution in [1.82, 2.24) is 0 Å². The number of ether oxygens (including phenoxy) is 3. The fraction of sp³-hybridized carbons (Fsp3) is 0.455. The Morgan fingerprint density at radius 3 is 2.50 bits per heavy atom. The third kappa shape index (κ3) is 11.2. The normalized spacial score (nSPS) is 13.0. The molecular formula is C22H27Cl3O5S2. The molecule has 0 saturated heterocycles. The van der Waals surface area contributed by atoms with Crippen molar-refractivity contribution in [1.29, 1.82) is 0 Å². The second-order valence-electron chi connectivity index (χ2n) is 6.49. The summed E-state index contributed by atoms with van der Waals surface area (Å²) in [7, 11) is 0. The van der Waals surface area contributed by atoms with Gasteiger partial charge in [0.1, 0.15) is 19.3 Å². The molecule has 2 atom stereocenters. The molecule has 0 saturated carbocycles. The van der Waals surface area contributed by atoms with Gasteiger partial charge in [0.05, 0.1) is 5.92 Å². The Bertz CT molecular complexity index is 783. The highest BCUT2D eigenvalue weighted by Crippen LogP contribution is 2.32. The van der Waals surface area contributed by atoms with Crippen LogP contribution < -0.4 is 0 Å². The summed E-state index contributed by atoms with van der Waals surface area (Å²) < 4.78 is 13.6. The van der Waals surface area contributed by atoms with Crippen LogP contribution in [0.3, 0.4) is 0 Å². The van der Waals surface area contributed by atoms with Gasteiger partial charge in [-0.1, -0.05) is 79.2 Å². The molecule has 0 bridgehead atoms. The standard InChI is InChI=1S/C22H27Cl3O5S2/c1-5-11-28-20(26)17(6-2)16(4)31-12-13-32-19-10-8-7-9-18(19)15(3)30-21(27)29-14-22(23,24)25/h5,7-10,15,17H,1,4,6,11-14H2,2-3H3. The summed E-state index contributed by atoms with van der Waals surface area (Å²) in [6.45, 7) is 11.0. The van der Waals surface area contributed by atoms with E-state index in [1.807, 2.05) is 31.2 Å². The smallest absolute Gasteiger partial charge is 0.461 e. The quantitative estimate of drug-likeness (QED) is 0.0849. The van der Waals surface area contributed by atoms with Gasteiger partial charge in [-0.25, -0.2) is 4.79 Å². The maximum absolute atomic E-state index is 12.1. The third-order valence-corrected chi connectivity index (χ3v) is 6.78. The molecule has 0 radical (unpaired) electrons. The number of alkyl halides is 3. The molecule has 0 spiro atoms. The Labute approximate surface area is 213 Å². The van der Waals surface area contributed by atoms with E-state index in [1.165, 1.54) is 11.8 Å². The number of carbonyl (C=O) groups excluding carboxylic acids is 2. The number of esters is 1. The van der Waals surface area contributed by atoms with Crippen LogP contribution in [-0.4, -0.2) is 40.6 Å². The molecule has 32 heavy (non-hydrogen) atoms. The van der Waals surface area contributed by atoms with Crippen LogP contribution in [-0.2, 0) is 19.0 Å². The van der Waals surface area contributed by atoms with Crippen LogP contribution in [0.4, 0.5) is 4.79 Å². The summed E-state index contributed by atoms with van der Waals surface area (Å²) >= 11 is 19.9. The van der Waals surface area contributed by atoms with Crippen LogP contribution in [0, 0.1) is 5.92 Å². The molecule has 0 N–H and O–H groups in total. The number of carbonyl (C=O) groups is 2. The van der Waals surface area contributed by atoms with Crippen molar-refractivity contribution < 1.29 is 23.8 Å². The molecule has 10 heteroatoms. The molecular weight excluding hydrogens is 515 g/mol. The van der Waals surface area contributed by atoms with Crippen LogP contribution in [0.5, 0.6) is 0 Å². The minimum atomic E-state index is -1.70. The first kappa shape index (κ1) is 29.0. The number of hydrogen-bond acceptors (Lipinski definition) is 7. The van der Waals surface area contributed by atoms with Gasteiger partial charge in [-0.2, -0.15) is 0 Å². The van der Waals surface area contributed by atoms with E-state index in [4.69, 9.17) is 49.0 Å². The summed E-state index contributed by atoms with van der Waals surface area (Å²) in [5, 5.41) is 0. The molecule has 5 nitrogen and oxygen atoms in total. The molecule has 1 aromatic rings. The SMILES string of the molecule is C=CCOC(=O)C(CC)C(=C)SCCSc1ccccc1C(C)OC(=O)OCC(Cl)(Cl)Cl. The first-order chi connectivity index (χ1) is 15.1. The first-order valence-electron chi connectivity index (χ1n) is 9.80. The van der Waals surface area contributed by atoms with Crippen molar-refractivity contribution in [2.45, 2.75) is 35.1 Å². The van der Waals surface area contributed by atoms with E-state index in [9.17, 15) is 9.59 Å². The third-order valence-electron chi connectivity index (χ3n) is 4.04. The fourth-order valence-corrected chi connectivity index (χ4v) is 4.87. The lowest BCUT2D eigenvalue weighted by Crippen LogP contribution is -2.19. The van der Waals surface area contributed by atoms with Crippen molar-refractivity contribution in [2.75, 3.05) is 24.7 Å². The van der Waals surface area contributed by atoms with Crippen LogP contribution >= 0.6 is 58.3 Å². The lowest BCUT2D eigenvalue weighted by molar-refractivity contribution is -0.145. The van der Waals surface area contributed by atoms with Gasteiger partial charge in [0, 0.05) is 22.0 Å².